The Kier molecular flexibility index (Phi) is 9.92. The number of hydrogen-bond donors (Lipinski definition) is 0. The Hall–Kier alpha value is -2.50. The van der Waals surface area contributed by atoms with Crippen LogP contribution < -0.4 is 21.2 Å². The van der Waals surface area contributed by atoms with Gasteiger partial charge in [0.15, 0.2) is 11.6 Å². The van der Waals surface area contributed by atoms with Crippen molar-refractivity contribution in [2.45, 2.75) is 63.7 Å². The van der Waals surface area contributed by atoms with Gasteiger partial charge >= 0.3 is 0 Å². The van der Waals surface area contributed by atoms with E-state index < -0.39 is 52.3 Å². The lowest BCUT2D eigenvalue weighted by Crippen LogP contribution is -2.50. The minimum Gasteiger partial charge on any atom is -0.348 e. The maximum Gasteiger partial charge on any atom is 0.163 e. The van der Waals surface area contributed by atoms with E-state index in [4.69, 9.17) is 28.0 Å². The van der Waals surface area contributed by atoms with Gasteiger partial charge in [0.05, 0.1) is 29.5 Å². The van der Waals surface area contributed by atoms with Crippen molar-refractivity contribution in [2.24, 2.45) is 0 Å². The summed E-state index contributed by atoms with van der Waals surface area (Å²) in [5, 5.41) is 4.42. The molecule has 230 valence electrons. The molecule has 0 bridgehead atoms. The van der Waals surface area contributed by atoms with Crippen LogP contribution in [0.3, 0.4) is 0 Å². The van der Waals surface area contributed by atoms with E-state index in [2.05, 4.69) is 97.1 Å². The van der Waals surface area contributed by atoms with Crippen LogP contribution in [0.4, 0.5) is 0 Å². The van der Waals surface area contributed by atoms with Crippen molar-refractivity contribution in [1.29, 1.82) is 0 Å². The first-order valence-corrected chi connectivity index (χ1v) is 17.6. The fraction of sp³-hybridized carbons (Fsp3) is 0.333. The molecule has 0 amide bonds. The van der Waals surface area contributed by atoms with Crippen LogP contribution in [0.25, 0.3) is 0 Å². The van der Waals surface area contributed by atoms with Crippen LogP contribution in [0.1, 0.15) is 27.7 Å². The predicted octanol–water partition coefficient (Wildman–Crippen LogP) is 6.16. The summed E-state index contributed by atoms with van der Waals surface area (Å²) in [5.41, 5.74) is 0. The van der Waals surface area contributed by atoms with Gasteiger partial charge in [0.1, 0.15) is 24.4 Å². The third-order valence-corrected chi connectivity index (χ3v) is 11.5. The molecular formula is C36H40O6P2. The first kappa shape index (κ1) is 31.5. The SMILES string of the molecule is CC1(C)OC[C@H]([C@@H](OP(c2ccccc2)c2ccccc2)[C@H](OP(c2ccccc2)c2ccccc2)[C@H]2COC(C)(C)O2)O1. The van der Waals surface area contributed by atoms with Gasteiger partial charge in [-0.05, 0) is 27.7 Å². The number of hydrogen-bond acceptors (Lipinski definition) is 6. The first-order valence-electron chi connectivity index (χ1n) is 15.1. The predicted molar refractivity (Wildman–Crippen MR) is 178 cm³/mol. The highest BCUT2D eigenvalue weighted by Crippen LogP contribution is 2.46. The average molecular weight is 631 g/mol. The largest absolute Gasteiger partial charge is 0.348 e. The lowest BCUT2D eigenvalue weighted by molar-refractivity contribution is -0.174. The molecular weight excluding hydrogens is 590 g/mol. The zero-order valence-electron chi connectivity index (χ0n) is 25.6. The molecule has 0 aromatic heterocycles. The third kappa shape index (κ3) is 7.65. The summed E-state index contributed by atoms with van der Waals surface area (Å²) in [5.74, 6) is -1.51. The number of rotatable bonds is 11. The molecule has 2 heterocycles. The smallest absolute Gasteiger partial charge is 0.163 e. The molecule has 2 fully saturated rings. The summed E-state index contributed by atoms with van der Waals surface area (Å²) in [6.07, 6.45) is -1.88. The molecule has 0 radical (unpaired) electrons. The van der Waals surface area contributed by atoms with E-state index in [0.29, 0.717) is 13.2 Å². The van der Waals surface area contributed by atoms with Crippen LogP contribution in [0.2, 0.25) is 0 Å². The molecule has 2 aliphatic heterocycles. The highest BCUT2D eigenvalue weighted by molar-refractivity contribution is 7.69. The molecule has 6 nitrogen and oxygen atoms in total. The van der Waals surface area contributed by atoms with E-state index in [-0.39, 0.29) is 0 Å². The standard InChI is InChI=1S/C36H40O6P2/c1-35(2)37-25-31(39-35)33(41-43(27-17-9-5-10-18-27)28-19-11-6-12-20-28)34(32-26-38-36(3,4)40-32)42-44(29-21-13-7-14-22-29)30-23-15-8-16-24-30/h5-24,31-34H,25-26H2,1-4H3/t31-,32-,33-,34-/m1/s1. The van der Waals surface area contributed by atoms with Gasteiger partial charge in [0.2, 0.25) is 0 Å². The Morgan fingerprint density at radius 3 is 1.00 bits per heavy atom. The van der Waals surface area contributed by atoms with Crippen LogP contribution in [0.5, 0.6) is 0 Å². The summed E-state index contributed by atoms with van der Waals surface area (Å²) in [6, 6.07) is 41.6. The molecule has 0 unspecified atom stereocenters. The second-order valence-electron chi connectivity index (χ2n) is 11.8. The lowest BCUT2D eigenvalue weighted by Gasteiger charge is -2.38. The van der Waals surface area contributed by atoms with E-state index in [1.165, 1.54) is 0 Å². The molecule has 4 aromatic carbocycles. The van der Waals surface area contributed by atoms with Crippen LogP contribution in [-0.4, -0.2) is 49.2 Å². The monoisotopic (exact) mass is 630 g/mol. The molecule has 0 spiro atoms. The number of ether oxygens (including phenoxy) is 4. The van der Waals surface area contributed by atoms with Gasteiger partial charge in [-0.15, -0.1) is 0 Å². The Morgan fingerprint density at radius 1 is 0.500 bits per heavy atom. The van der Waals surface area contributed by atoms with Gasteiger partial charge in [-0.25, -0.2) is 0 Å². The quantitative estimate of drug-likeness (QED) is 0.185. The lowest BCUT2D eigenvalue weighted by atomic mass is 10.0. The highest BCUT2D eigenvalue weighted by atomic mass is 31.1. The zero-order chi connectivity index (χ0) is 30.6. The topological polar surface area (TPSA) is 55.4 Å². The van der Waals surface area contributed by atoms with Crippen LogP contribution >= 0.6 is 16.3 Å². The van der Waals surface area contributed by atoms with E-state index in [0.717, 1.165) is 21.2 Å². The Balaban J connectivity index is 1.45. The maximum atomic E-state index is 7.32. The molecule has 6 rings (SSSR count). The van der Waals surface area contributed by atoms with Gasteiger partial charge in [0, 0.05) is 21.2 Å². The normalized spacial score (nSPS) is 22.3. The zero-order valence-corrected chi connectivity index (χ0v) is 27.4. The summed E-state index contributed by atoms with van der Waals surface area (Å²) in [6.45, 7) is 8.50. The van der Waals surface area contributed by atoms with Crippen LogP contribution in [0.15, 0.2) is 121 Å². The van der Waals surface area contributed by atoms with Gasteiger partial charge in [-0.1, -0.05) is 121 Å². The van der Waals surface area contributed by atoms with Gasteiger partial charge in [0.25, 0.3) is 0 Å². The fourth-order valence-corrected chi connectivity index (χ4v) is 9.33. The minimum absolute atomic E-state index is 0.371. The summed E-state index contributed by atoms with van der Waals surface area (Å²) in [4.78, 5) is 0. The molecule has 0 N–H and O–H groups in total. The van der Waals surface area contributed by atoms with Crippen molar-refractivity contribution < 1.29 is 28.0 Å². The second-order valence-corrected chi connectivity index (χ2v) is 15.5. The van der Waals surface area contributed by atoms with Crippen molar-refractivity contribution in [2.75, 3.05) is 13.2 Å². The first-order chi connectivity index (χ1) is 21.3. The van der Waals surface area contributed by atoms with Gasteiger partial charge < -0.3 is 28.0 Å². The fourth-order valence-electron chi connectivity index (χ4n) is 5.47. The van der Waals surface area contributed by atoms with Gasteiger partial charge in [-0.2, -0.15) is 0 Å². The summed E-state index contributed by atoms with van der Waals surface area (Å²) in [7, 11) is -2.49. The van der Waals surface area contributed by atoms with Crippen molar-refractivity contribution >= 4 is 37.5 Å². The Morgan fingerprint density at radius 2 is 0.773 bits per heavy atom. The molecule has 0 aliphatic carbocycles. The maximum absolute atomic E-state index is 7.32. The average Bonchev–Trinajstić information content (AvgIpc) is 3.60. The molecule has 44 heavy (non-hydrogen) atoms. The van der Waals surface area contributed by atoms with E-state index in [1.807, 2.05) is 52.0 Å². The molecule has 8 heteroatoms. The van der Waals surface area contributed by atoms with Crippen LogP contribution in [-0.2, 0) is 28.0 Å². The molecule has 2 aliphatic rings. The summed E-state index contributed by atoms with van der Waals surface area (Å²) >= 11 is 0. The molecule has 2 saturated heterocycles. The molecule has 4 atom stereocenters. The van der Waals surface area contributed by atoms with Crippen LogP contribution in [0, 0.1) is 0 Å². The van der Waals surface area contributed by atoms with E-state index in [9.17, 15) is 0 Å². The Bertz CT molecular complexity index is 1260. The Labute approximate surface area is 263 Å². The minimum atomic E-state index is -1.25. The molecule has 0 saturated carbocycles. The van der Waals surface area contributed by atoms with Crippen molar-refractivity contribution in [3.63, 3.8) is 0 Å². The summed E-state index contributed by atoms with van der Waals surface area (Å²) < 4.78 is 40.1. The molecule has 4 aromatic rings. The van der Waals surface area contributed by atoms with E-state index >= 15 is 0 Å². The van der Waals surface area contributed by atoms with Gasteiger partial charge in [-0.3, -0.25) is 0 Å². The highest BCUT2D eigenvalue weighted by Gasteiger charge is 2.50. The third-order valence-electron chi connectivity index (χ3n) is 7.53. The van der Waals surface area contributed by atoms with Crippen molar-refractivity contribution in [3.05, 3.63) is 121 Å². The second kappa shape index (κ2) is 13.9. The number of benzene rings is 4. The van der Waals surface area contributed by atoms with Crippen molar-refractivity contribution in [3.8, 4) is 0 Å². The van der Waals surface area contributed by atoms with E-state index in [1.54, 1.807) is 0 Å². The van der Waals surface area contributed by atoms with Crippen molar-refractivity contribution in [1.82, 2.24) is 0 Å².